The van der Waals surface area contributed by atoms with Crippen LogP contribution in [0.1, 0.15) is 27.9 Å². The van der Waals surface area contributed by atoms with Crippen molar-refractivity contribution in [3.8, 4) is 5.13 Å². The summed E-state index contributed by atoms with van der Waals surface area (Å²) in [5.74, 6) is -0.115. The van der Waals surface area contributed by atoms with E-state index in [1.54, 1.807) is 11.3 Å². The molecular weight excluding hydrogens is 294 g/mol. The zero-order chi connectivity index (χ0) is 15.4. The van der Waals surface area contributed by atoms with Crippen molar-refractivity contribution in [2.45, 2.75) is 19.9 Å². The van der Waals surface area contributed by atoms with Crippen molar-refractivity contribution >= 4 is 17.2 Å². The first kappa shape index (κ1) is 14.5. The fourth-order valence-electron chi connectivity index (χ4n) is 2.19. The van der Waals surface area contributed by atoms with Gasteiger partial charge >= 0.3 is 0 Å². The molecule has 22 heavy (non-hydrogen) atoms. The van der Waals surface area contributed by atoms with E-state index in [2.05, 4.69) is 10.3 Å². The summed E-state index contributed by atoms with van der Waals surface area (Å²) in [6.45, 7) is 2.56. The summed E-state index contributed by atoms with van der Waals surface area (Å²) < 4.78 is 1.93. The van der Waals surface area contributed by atoms with Crippen LogP contribution >= 0.6 is 11.3 Å². The minimum atomic E-state index is -0.115. The summed E-state index contributed by atoms with van der Waals surface area (Å²) in [7, 11) is 0. The first-order valence-corrected chi connectivity index (χ1v) is 8.04. The van der Waals surface area contributed by atoms with Crippen LogP contribution in [0.15, 0.2) is 54.9 Å². The van der Waals surface area contributed by atoms with Gasteiger partial charge in [-0.2, -0.15) is 0 Å². The summed E-state index contributed by atoms with van der Waals surface area (Å²) in [5, 5.41) is 3.77. The molecule has 3 rings (SSSR count). The molecule has 0 fully saturated rings. The summed E-state index contributed by atoms with van der Waals surface area (Å²) in [5.41, 5.74) is 1.61. The Bertz CT molecular complexity index is 748. The highest BCUT2D eigenvalue weighted by Crippen LogP contribution is 2.22. The molecule has 1 amide bonds. The van der Waals surface area contributed by atoms with Gasteiger partial charge in [-0.05, 0) is 24.1 Å². The Labute approximate surface area is 133 Å². The summed E-state index contributed by atoms with van der Waals surface area (Å²) in [6.07, 6.45) is 4.67. The van der Waals surface area contributed by atoms with Gasteiger partial charge in [-0.15, -0.1) is 11.3 Å². The number of nitrogens with one attached hydrogen (secondary N) is 1. The van der Waals surface area contributed by atoms with E-state index >= 15 is 0 Å². The van der Waals surface area contributed by atoms with Crippen LogP contribution in [0.2, 0.25) is 0 Å². The molecule has 0 saturated heterocycles. The first-order valence-electron chi connectivity index (χ1n) is 7.23. The smallest absolute Gasteiger partial charge is 0.271 e. The molecule has 0 aliphatic carbocycles. The van der Waals surface area contributed by atoms with Gasteiger partial charge in [-0.25, -0.2) is 4.98 Å². The van der Waals surface area contributed by atoms with Crippen LogP contribution < -0.4 is 5.32 Å². The Hall–Kier alpha value is -2.40. The predicted molar refractivity (Wildman–Crippen MR) is 88.4 cm³/mol. The number of hydrogen-bond acceptors (Lipinski definition) is 3. The molecule has 2 heterocycles. The molecule has 0 saturated carbocycles. The number of hydrogen-bond donors (Lipinski definition) is 1. The van der Waals surface area contributed by atoms with Crippen molar-refractivity contribution < 1.29 is 4.79 Å². The molecule has 0 spiro atoms. The second kappa shape index (κ2) is 6.58. The molecule has 0 atom stereocenters. The van der Waals surface area contributed by atoms with Crippen molar-refractivity contribution in [2.24, 2.45) is 0 Å². The third-order valence-corrected chi connectivity index (χ3v) is 4.56. The van der Waals surface area contributed by atoms with Gasteiger partial charge in [0.1, 0.15) is 5.69 Å². The Balaban J connectivity index is 1.77. The minimum Gasteiger partial charge on any atom is -0.347 e. The average molecular weight is 311 g/mol. The maximum absolute atomic E-state index is 12.4. The molecule has 112 valence electrons. The summed E-state index contributed by atoms with van der Waals surface area (Å²) in [6, 6.07) is 13.8. The maximum Gasteiger partial charge on any atom is 0.271 e. The number of benzene rings is 1. The standard InChI is InChI=1S/C17H17N3OS/c1-2-14-15(19-17(22-14)20-10-6-7-11-20)16(21)18-12-13-8-4-3-5-9-13/h3-11H,2,12H2,1H3,(H,18,21). The highest BCUT2D eigenvalue weighted by Gasteiger charge is 2.17. The van der Waals surface area contributed by atoms with Gasteiger partial charge in [-0.1, -0.05) is 37.3 Å². The second-order valence-corrected chi connectivity index (χ2v) is 5.94. The highest BCUT2D eigenvalue weighted by molar-refractivity contribution is 7.14. The first-order chi connectivity index (χ1) is 10.8. The minimum absolute atomic E-state index is 0.115. The van der Waals surface area contributed by atoms with E-state index in [0.29, 0.717) is 12.2 Å². The number of thiazole rings is 1. The van der Waals surface area contributed by atoms with E-state index in [4.69, 9.17) is 0 Å². The van der Waals surface area contributed by atoms with Crippen LogP contribution in [0.25, 0.3) is 5.13 Å². The van der Waals surface area contributed by atoms with E-state index in [1.165, 1.54) is 0 Å². The summed E-state index contributed by atoms with van der Waals surface area (Å²) in [4.78, 5) is 17.9. The normalized spacial score (nSPS) is 10.6. The van der Waals surface area contributed by atoms with E-state index in [1.807, 2.05) is 66.3 Å². The largest absolute Gasteiger partial charge is 0.347 e. The van der Waals surface area contributed by atoms with Crippen molar-refractivity contribution in [1.82, 2.24) is 14.9 Å². The monoisotopic (exact) mass is 311 g/mol. The van der Waals surface area contributed by atoms with Crippen molar-refractivity contribution in [3.63, 3.8) is 0 Å². The predicted octanol–water partition coefficient (Wildman–Crippen LogP) is 3.43. The summed E-state index contributed by atoms with van der Waals surface area (Å²) >= 11 is 1.56. The molecule has 0 aliphatic heterocycles. The van der Waals surface area contributed by atoms with Crippen LogP contribution in [0.3, 0.4) is 0 Å². The molecule has 1 aromatic carbocycles. The topological polar surface area (TPSA) is 46.9 Å². The van der Waals surface area contributed by atoms with E-state index in [0.717, 1.165) is 22.0 Å². The molecule has 0 bridgehead atoms. The quantitative estimate of drug-likeness (QED) is 0.785. The van der Waals surface area contributed by atoms with Gasteiger partial charge in [0.2, 0.25) is 0 Å². The van der Waals surface area contributed by atoms with Gasteiger partial charge < -0.3 is 9.88 Å². The van der Waals surface area contributed by atoms with Crippen LogP contribution in [0.5, 0.6) is 0 Å². The van der Waals surface area contributed by atoms with Crippen molar-refractivity contribution in [1.29, 1.82) is 0 Å². The number of rotatable bonds is 5. The number of carbonyl (C=O) groups is 1. The molecule has 4 nitrogen and oxygen atoms in total. The lowest BCUT2D eigenvalue weighted by atomic mass is 10.2. The average Bonchev–Trinajstić information content (AvgIpc) is 3.22. The maximum atomic E-state index is 12.4. The molecule has 0 unspecified atom stereocenters. The van der Waals surface area contributed by atoms with E-state index in [-0.39, 0.29) is 5.91 Å². The Kier molecular flexibility index (Phi) is 4.34. The fourth-order valence-corrected chi connectivity index (χ4v) is 3.15. The van der Waals surface area contributed by atoms with Crippen LogP contribution in [-0.4, -0.2) is 15.5 Å². The van der Waals surface area contributed by atoms with Gasteiger partial charge in [0.15, 0.2) is 5.13 Å². The zero-order valence-corrected chi connectivity index (χ0v) is 13.1. The van der Waals surface area contributed by atoms with Crippen LogP contribution in [0, 0.1) is 0 Å². The molecule has 0 radical (unpaired) electrons. The SMILES string of the molecule is CCc1sc(-n2cccc2)nc1C(=O)NCc1ccccc1. The van der Waals surface area contributed by atoms with Crippen molar-refractivity contribution in [3.05, 3.63) is 71.0 Å². The number of amides is 1. The zero-order valence-electron chi connectivity index (χ0n) is 12.3. The molecule has 2 aromatic heterocycles. The Morgan fingerprint density at radius 2 is 1.91 bits per heavy atom. The van der Waals surface area contributed by atoms with Crippen molar-refractivity contribution in [2.75, 3.05) is 0 Å². The third kappa shape index (κ3) is 3.09. The van der Waals surface area contributed by atoms with E-state index in [9.17, 15) is 4.79 Å². The number of aromatic nitrogens is 2. The molecule has 3 aromatic rings. The van der Waals surface area contributed by atoms with Crippen LogP contribution in [-0.2, 0) is 13.0 Å². The fraction of sp³-hybridized carbons (Fsp3) is 0.176. The Morgan fingerprint density at radius 3 is 2.59 bits per heavy atom. The number of nitrogens with zero attached hydrogens (tertiary/aromatic N) is 2. The van der Waals surface area contributed by atoms with E-state index < -0.39 is 0 Å². The molecule has 0 aliphatic rings. The lowest BCUT2D eigenvalue weighted by Gasteiger charge is -2.04. The lowest BCUT2D eigenvalue weighted by Crippen LogP contribution is -2.24. The number of carbonyl (C=O) groups excluding carboxylic acids is 1. The highest BCUT2D eigenvalue weighted by atomic mass is 32.1. The molecular formula is C17H17N3OS. The molecule has 1 N–H and O–H groups in total. The van der Waals surface area contributed by atoms with Gasteiger partial charge in [0.05, 0.1) is 0 Å². The van der Waals surface area contributed by atoms with Gasteiger partial charge in [0, 0.05) is 23.8 Å². The second-order valence-electron chi connectivity index (χ2n) is 4.88. The van der Waals surface area contributed by atoms with Gasteiger partial charge in [0.25, 0.3) is 5.91 Å². The molecule has 5 heteroatoms. The lowest BCUT2D eigenvalue weighted by molar-refractivity contribution is 0.0945. The third-order valence-electron chi connectivity index (χ3n) is 3.34. The van der Waals surface area contributed by atoms with Crippen LogP contribution in [0.4, 0.5) is 0 Å². The number of aryl methyl sites for hydroxylation is 1. The van der Waals surface area contributed by atoms with Gasteiger partial charge in [-0.3, -0.25) is 4.79 Å². The Morgan fingerprint density at radius 1 is 1.18 bits per heavy atom.